The van der Waals surface area contributed by atoms with Crippen molar-refractivity contribution < 1.29 is 8.42 Å². The summed E-state index contributed by atoms with van der Waals surface area (Å²) >= 11 is 1.70. The van der Waals surface area contributed by atoms with Gasteiger partial charge in [-0.05, 0) is 36.8 Å². The fraction of sp³-hybridized carbons (Fsp3) is 0.500. The molecule has 1 aliphatic rings. The molecule has 21 heavy (non-hydrogen) atoms. The topological polar surface area (TPSA) is 55.2 Å². The van der Waals surface area contributed by atoms with Crippen molar-refractivity contribution >= 4 is 21.4 Å². The lowest BCUT2D eigenvalue weighted by Crippen LogP contribution is -2.38. The van der Waals surface area contributed by atoms with Gasteiger partial charge in [-0.3, -0.25) is 0 Å². The van der Waals surface area contributed by atoms with E-state index in [9.17, 15) is 8.42 Å². The Morgan fingerprint density at radius 2 is 2.05 bits per heavy atom. The lowest BCUT2D eigenvalue weighted by Gasteiger charge is -2.31. The van der Waals surface area contributed by atoms with E-state index in [2.05, 4.69) is 27.9 Å². The Morgan fingerprint density at radius 1 is 1.33 bits per heavy atom. The molecule has 0 bridgehead atoms. The van der Waals surface area contributed by atoms with Crippen molar-refractivity contribution in [2.75, 3.05) is 19.3 Å². The predicted octanol–water partition coefficient (Wildman–Crippen LogP) is 2.52. The third-order valence-corrected chi connectivity index (χ3v) is 6.34. The first-order valence-corrected chi connectivity index (χ1v) is 9.72. The molecule has 0 aromatic carbocycles. The van der Waals surface area contributed by atoms with Gasteiger partial charge >= 0.3 is 0 Å². The Labute approximate surface area is 129 Å². The first-order chi connectivity index (χ1) is 9.97. The van der Waals surface area contributed by atoms with Crippen molar-refractivity contribution in [3.8, 4) is 10.7 Å². The van der Waals surface area contributed by atoms with Gasteiger partial charge in [0.05, 0.1) is 11.1 Å². The van der Waals surface area contributed by atoms with Gasteiger partial charge in [0.2, 0.25) is 10.0 Å². The van der Waals surface area contributed by atoms with Crippen LogP contribution in [0.3, 0.4) is 0 Å². The zero-order valence-corrected chi connectivity index (χ0v) is 13.8. The maximum absolute atomic E-state index is 11.6. The van der Waals surface area contributed by atoms with Gasteiger partial charge in [-0.1, -0.05) is 0 Å². The first-order valence-electron chi connectivity index (χ1n) is 6.99. The summed E-state index contributed by atoms with van der Waals surface area (Å²) in [5.41, 5.74) is 1.24. The van der Waals surface area contributed by atoms with Crippen LogP contribution in [0.15, 0.2) is 23.8 Å². The Balaban J connectivity index is 1.81. The van der Waals surface area contributed by atoms with Crippen LogP contribution < -0.4 is 0 Å². The second-order valence-corrected chi connectivity index (χ2v) is 8.38. The number of imidazole rings is 1. The molecule has 1 saturated heterocycles. The summed E-state index contributed by atoms with van der Waals surface area (Å²) in [4.78, 5) is 5.70. The van der Waals surface area contributed by atoms with Crippen LogP contribution in [0.1, 0.15) is 24.4 Å². The van der Waals surface area contributed by atoms with Gasteiger partial charge < -0.3 is 4.57 Å². The maximum atomic E-state index is 11.6. The third-order valence-electron chi connectivity index (χ3n) is 4.02. The lowest BCUT2D eigenvalue weighted by molar-refractivity contribution is 0.276. The van der Waals surface area contributed by atoms with Crippen molar-refractivity contribution in [3.05, 3.63) is 29.4 Å². The van der Waals surface area contributed by atoms with E-state index in [1.54, 1.807) is 15.6 Å². The van der Waals surface area contributed by atoms with Crippen LogP contribution in [0, 0.1) is 6.92 Å². The van der Waals surface area contributed by atoms with Crippen molar-refractivity contribution in [1.82, 2.24) is 13.9 Å². The number of thiophene rings is 1. The SMILES string of the molecule is Cc1ccsc1-c1nccn1C1CCN(S(C)(=O)=O)CC1. The van der Waals surface area contributed by atoms with E-state index in [1.165, 1.54) is 16.7 Å². The molecular formula is C14H19N3O2S2. The van der Waals surface area contributed by atoms with Crippen LogP contribution >= 0.6 is 11.3 Å². The van der Waals surface area contributed by atoms with E-state index in [-0.39, 0.29) is 0 Å². The summed E-state index contributed by atoms with van der Waals surface area (Å²) in [6.45, 7) is 3.27. The van der Waals surface area contributed by atoms with Gasteiger partial charge in [0, 0.05) is 31.5 Å². The molecule has 2 aromatic heterocycles. The first kappa shape index (κ1) is 14.7. The second kappa shape index (κ2) is 5.55. The maximum Gasteiger partial charge on any atom is 0.211 e. The van der Waals surface area contributed by atoms with Gasteiger partial charge in [-0.15, -0.1) is 11.3 Å². The second-order valence-electron chi connectivity index (χ2n) is 5.48. The van der Waals surface area contributed by atoms with Crippen LogP contribution in [0.25, 0.3) is 10.7 Å². The summed E-state index contributed by atoms with van der Waals surface area (Å²) in [5, 5.41) is 2.08. The van der Waals surface area contributed by atoms with E-state index in [0.717, 1.165) is 18.7 Å². The number of sulfonamides is 1. The average molecular weight is 325 g/mol. The summed E-state index contributed by atoms with van der Waals surface area (Å²) in [6.07, 6.45) is 6.79. The zero-order valence-electron chi connectivity index (χ0n) is 12.2. The molecule has 7 heteroatoms. The molecule has 1 fully saturated rings. The molecule has 1 aliphatic heterocycles. The monoisotopic (exact) mass is 325 g/mol. The van der Waals surface area contributed by atoms with Crippen molar-refractivity contribution in [1.29, 1.82) is 0 Å². The molecule has 5 nitrogen and oxygen atoms in total. The van der Waals surface area contributed by atoms with Gasteiger partial charge in [0.25, 0.3) is 0 Å². The highest BCUT2D eigenvalue weighted by Crippen LogP contribution is 2.32. The Bertz CT molecular complexity index is 725. The summed E-state index contributed by atoms with van der Waals surface area (Å²) in [6, 6.07) is 2.42. The molecule has 0 N–H and O–H groups in total. The minimum atomic E-state index is -3.07. The van der Waals surface area contributed by atoms with E-state index < -0.39 is 10.0 Å². The molecular weight excluding hydrogens is 306 g/mol. The Hall–Kier alpha value is -1.18. The highest BCUT2D eigenvalue weighted by atomic mass is 32.2. The Kier molecular flexibility index (Phi) is 3.90. The predicted molar refractivity (Wildman–Crippen MR) is 85.0 cm³/mol. The van der Waals surface area contributed by atoms with Gasteiger partial charge in [0.15, 0.2) is 5.82 Å². The number of rotatable bonds is 3. The largest absolute Gasteiger partial charge is 0.327 e. The fourth-order valence-corrected chi connectivity index (χ4v) is 4.64. The molecule has 2 aromatic rings. The van der Waals surface area contributed by atoms with Crippen LogP contribution in [-0.4, -0.2) is 41.6 Å². The highest BCUT2D eigenvalue weighted by molar-refractivity contribution is 7.88. The molecule has 114 valence electrons. The molecule has 0 aliphatic carbocycles. The lowest BCUT2D eigenvalue weighted by atomic mass is 10.1. The molecule has 0 unspecified atom stereocenters. The molecule has 0 radical (unpaired) electrons. The van der Waals surface area contributed by atoms with E-state index in [0.29, 0.717) is 19.1 Å². The smallest absolute Gasteiger partial charge is 0.211 e. The summed E-state index contributed by atoms with van der Waals surface area (Å²) in [7, 11) is -3.07. The van der Waals surface area contributed by atoms with Crippen LogP contribution in [0.2, 0.25) is 0 Å². The van der Waals surface area contributed by atoms with Gasteiger partial charge in [-0.2, -0.15) is 0 Å². The van der Waals surface area contributed by atoms with Gasteiger partial charge in [0.1, 0.15) is 0 Å². The molecule has 3 heterocycles. The van der Waals surface area contributed by atoms with E-state index in [4.69, 9.17) is 0 Å². The molecule has 0 amide bonds. The van der Waals surface area contributed by atoms with Crippen LogP contribution in [0.4, 0.5) is 0 Å². The van der Waals surface area contributed by atoms with Crippen LogP contribution in [0.5, 0.6) is 0 Å². The van der Waals surface area contributed by atoms with Crippen molar-refractivity contribution in [2.24, 2.45) is 0 Å². The van der Waals surface area contributed by atoms with Crippen LogP contribution in [-0.2, 0) is 10.0 Å². The number of hydrogen-bond donors (Lipinski definition) is 0. The van der Waals surface area contributed by atoms with E-state index >= 15 is 0 Å². The standard InChI is InChI=1S/C14H19N3O2S2/c1-11-5-10-20-13(11)14-15-6-9-17(14)12-3-7-16(8-4-12)21(2,18)19/h5-6,9-10,12H,3-4,7-8H2,1-2H3. The van der Waals surface area contributed by atoms with E-state index in [1.807, 2.05) is 12.4 Å². The minimum absolute atomic E-state index is 0.321. The Morgan fingerprint density at radius 3 is 2.62 bits per heavy atom. The quantitative estimate of drug-likeness (QED) is 0.871. The van der Waals surface area contributed by atoms with Crippen molar-refractivity contribution in [2.45, 2.75) is 25.8 Å². The fourth-order valence-electron chi connectivity index (χ4n) is 2.84. The molecule has 0 spiro atoms. The molecule has 0 atom stereocenters. The third kappa shape index (κ3) is 2.90. The summed E-state index contributed by atoms with van der Waals surface area (Å²) < 4.78 is 26.9. The number of nitrogens with zero attached hydrogens (tertiary/aromatic N) is 3. The zero-order chi connectivity index (χ0) is 15.0. The normalized spacial score (nSPS) is 18.2. The number of piperidine rings is 1. The molecule has 3 rings (SSSR count). The highest BCUT2D eigenvalue weighted by Gasteiger charge is 2.27. The van der Waals surface area contributed by atoms with Crippen molar-refractivity contribution in [3.63, 3.8) is 0 Å². The summed E-state index contributed by atoms with van der Waals surface area (Å²) in [5.74, 6) is 1.00. The number of aryl methyl sites for hydroxylation is 1. The van der Waals surface area contributed by atoms with Gasteiger partial charge in [-0.25, -0.2) is 17.7 Å². The average Bonchev–Trinajstić information content (AvgIpc) is 3.06. The molecule has 0 saturated carbocycles. The minimum Gasteiger partial charge on any atom is -0.327 e. The number of aromatic nitrogens is 2. The number of hydrogen-bond acceptors (Lipinski definition) is 4.